The molecular formula is C14H17N3O2. The number of carbonyl (C=O) groups excluding carboxylic acids is 1. The van der Waals surface area contributed by atoms with Crippen molar-refractivity contribution < 1.29 is 9.53 Å². The maximum Gasteiger partial charge on any atom is 0.337 e. The SMILES string of the molecule is COC(=O)c1cccc(CN2CCNCC2C#N)c1. The lowest BCUT2D eigenvalue weighted by Crippen LogP contribution is -2.49. The van der Waals surface area contributed by atoms with Crippen molar-refractivity contribution in [2.24, 2.45) is 0 Å². The number of hydrogen-bond donors (Lipinski definition) is 1. The molecule has 1 aliphatic rings. The molecule has 2 rings (SSSR count). The average molecular weight is 259 g/mol. The van der Waals surface area contributed by atoms with E-state index in [2.05, 4.69) is 16.3 Å². The van der Waals surface area contributed by atoms with E-state index in [1.54, 1.807) is 6.07 Å². The summed E-state index contributed by atoms with van der Waals surface area (Å²) in [7, 11) is 1.37. The fraction of sp³-hybridized carbons (Fsp3) is 0.429. The van der Waals surface area contributed by atoms with Gasteiger partial charge < -0.3 is 10.1 Å². The maximum absolute atomic E-state index is 11.5. The minimum Gasteiger partial charge on any atom is -0.465 e. The molecule has 19 heavy (non-hydrogen) atoms. The molecule has 0 aromatic heterocycles. The predicted octanol–water partition coefficient (Wildman–Crippen LogP) is 0.771. The number of carbonyl (C=O) groups is 1. The first-order chi connectivity index (χ1) is 9.24. The molecule has 1 aromatic rings. The summed E-state index contributed by atoms with van der Waals surface area (Å²) < 4.78 is 4.71. The number of nitriles is 1. The molecule has 1 N–H and O–H groups in total. The van der Waals surface area contributed by atoms with Gasteiger partial charge in [-0.15, -0.1) is 0 Å². The Balaban J connectivity index is 2.10. The summed E-state index contributed by atoms with van der Waals surface area (Å²) in [4.78, 5) is 13.6. The van der Waals surface area contributed by atoms with Crippen LogP contribution in [0.5, 0.6) is 0 Å². The van der Waals surface area contributed by atoms with E-state index < -0.39 is 0 Å². The molecule has 1 unspecified atom stereocenters. The first-order valence-electron chi connectivity index (χ1n) is 6.26. The highest BCUT2D eigenvalue weighted by molar-refractivity contribution is 5.89. The molecule has 0 amide bonds. The third-order valence-electron chi connectivity index (χ3n) is 3.24. The number of piperazine rings is 1. The van der Waals surface area contributed by atoms with Crippen LogP contribution in [0.3, 0.4) is 0 Å². The number of rotatable bonds is 3. The molecule has 0 radical (unpaired) electrons. The molecule has 0 saturated carbocycles. The maximum atomic E-state index is 11.5. The Morgan fingerprint density at radius 1 is 1.63 bits per heavy atom. The molecule has 1 saturated heterocycles. The summed E-state index contributed by atoms with van der Waals surface area (Å²) in [5.74, 6) is -0.334. The first-order valence-corrected chi connectivity index (χ1v) is 6.26. The van der Waals surface area contributed by atoms with Gasteiger partial charge in [-0.25, -0.2) is 4.79 Å². The number of nitrogens with zero attached hydrogens (tertiary/aromatic N) is 2. The van der Waals surface area contributed by atoms with Crippen molar-refractivity contribution in [3.05, 3.63) is 35.4 Å². The van der Waals surface area contributed by atoms with Crippen LogP contribution in [0.25, 0.3) is 0 Å². The minimum atomic E-state index is -0.334. The first kappa shape index (κ1) is 13.5. The van der Waals surface area contributed by atoms with E-state index in [1.165, 1.54) is 7.11 Å². The van der Waals surface area contributed by atoms with Crippen LogP contribution >= 0.6 is 0 Å². The summed E-state index contributed by atoms with van der Waals surface area (Å²) in [6.45, 7) is 3.08. The van der Waals surface area contributed by atoms with Gasteiger partial charge in [0.25, 0.3) is 0 Å². The molecule has 0 aliphatic carbocycles. The fourth-order valence-electron chi connectivity index (χ4n) is 2.21. The Kier molecular flexibility index (Phi) is 4.50. The third-order valence-corrected chi connectivity index (χ3v) is 3.24. The van der Waals surface area contributed by atoms with Crippen LogP contribution in [0.1, 0.15) is 15.9 Å². The monoisotopic (exact) mass is 259 g/mol. The molecule has 100 valence electrons. The zero-order chi connectivity index (χ0) is 13.7. The summed E-state index contributed by atoms with van der Waals surface area (Å²) >= 11 is 0. The Hall–Kier alpha value is -1.90. The Morgan fingerprint density at radius 3 is 3.21 bits per heavy atom. The van der Waals surface area contributed by atoms with Gasteiger partial charge in [0.2, 0.25) is 0 Å². The van der Waals surface area contributed by atoms with Gasteiger partial charge >= 0.3 is 5.97 Å². The highest BCUT2D eigenvalue weighted by Crippen LogP contribution is 2.12. The van der Waals surface area contributed by atoms with Crippen LogP contribution in [-0.2, 0) is 11.3 Å². The van der Waals surface area contributed by atoms with Gasteiger partial charge in [-0.05, 0) is 17.7 Å². The molecule has 1 aliphatic heterocycles. The van der Waals surface area contributed by atoms with Gasteiger partial charge in [-0.3, -0.25) is 4.90 Å². The Morgan fingerprint density at radius 2 is 2.47 bits per heavy atom. The molecule has 1 fully saturated rings. The van der Waals surface area contributed by atoms with Crippen molar-refractivity contribution in [2.75, 3.05) is 26.7 Å². The van der Waals surface area contributed by atoms with Crippen molar-refractivity contribution in [2.45, 2.75) is 12.6 Å². The zero-order valence-corrected chi connectivity index (χ0v) is 10.9. The molecule has 1 aromatic carbocycles. The number of esters is 1. The minimum absolute atomic E-state index is 0.115. The lowest BCUT2D eigenvalue weighted by atomic mass is 10.1. The molecule has 5 heteroatoms. The van der Waals surface area contributed by atoms with Gasteiger partial charge in [0.1, 0.15) is 6.04 Å². The topological polar surface area (TPSA) is 65.4 Å². The van der Waals surface area contributed by atoms with Gasteiger partial charge in [0.05, 0.1) is 18.7 Å². The van der Waals surface area contributed by atoms with Crippen LogP contribution in [0, 0.1) is 11.3 Å². The molecule has 0 bridgehead atoms. The lowest BCUT2D eigenvalue weighted by molar-refractivity contribution is 0.0600. The Labute approximate surface area is 112 Å². The highest BCUT2D eigenvalue weighted by Gasteiger charge is 2.21. The quantitative estimate of drug-likeness (QED) is 0.812. The number of ether oxygens (including phenoxy) is 1. The zero-order valence-electron chi connectivity index (χ0n) is 10.9. The Bertz CT molecular complexity index is 496. The summed E-state index contributed by atoms with van der Waals surface area (Å²) in [6, 6.07) is 9.53. The normalized spacial score (nSPS) is 19.7. The highest BCUT2D eigenvalue weighted by atomic mass is 16.5. The van der Waals surface area contributed by atoms with Gasteiger partial charge in [-0.1, -0.05) is 12.1 Å². The van der Waals surface area contributed by atoms with Crippen LogP contribution in [0.4, 0.5) is 0 Å². The van der Waals surface area contributed by atoms with Crippen LogP contribution in [-0.4, -0.2) is 43.7 Å². The van der Waals surface area contributed by atoms with E-state index in [0.29, 0.717) is 18.7 Å². The van der Waals surface area contributed by atoms with Gasteiger partial charge in [0.15, 0.2) is 0 Å². The van der Waals surface area contributed by atoms with Gasteiger partial charge in [0, 0.05) is 26.2 Å². The van der Waals surface area contributed by atoms with E-state index in [4.69, 9.17) is 10.00 Å². The van der Waals surface area contributed by atoms with Crippen LogP contribution in [0.15, 0.2) is 24.3 Å². The molecule has 0 spiro atoms. The van der Waals surface area contributed by atoms with Crippen LogP contribution < -0.4 is 5.32 Å². The summed E-state index contributed by atoms with van der Waals surface area (Å²) in [6.07, 6.45) is 0. The largest absolute Gasteiger partial charge is 0.465 e. The summed E-state index contributed by atoms with van der Waals surface area (Å²) in [5.41, 5.74) is 1.56. The lowest BCUT2D eigenvalue weighted by Gasteiger charge is -2.31. The van der Waals surface area contributed by atoms with E-state index >= 15 is 0 Å². The van der Waals surface area contributed by atoms with Crippen molar-refractivity contribution >= 4 is 5.97 Å². The average Bonchev–Trinajstić information content (AvgIpc) is 2.47. The second-order valence-electron chi connectivity index (χ2n) is 4.51. The third kappa shape index (κ3) is 3.31. The number of hydrogen-bond acceptors (Lipinski definition) is 5. The van der Waals surface area contributed by atoms with Crippen LogP contribution in [0.2, 0.25) is 0 Å². The number of nitrogens with one attached hydrogen (secondary N) is 1. The van der Waals surface area contributed by atoms with E-state index in [0.717, 1.165) is 18.7 Å². The number of benzene rings is 1. The fourth-order valence-corrected chi connectivity index (χ4v) is 2.21. The van der Waals surface area contributed by atoms with Gasteiger partial charge in [-0.2, -0.15) is 5.26 Å². The van der Waals surface area contributed by atoms with E-state index in [9.17, 15) is 4.79 Å². The standard InChI is InChI=1S/C14H17N3O2/c1-19-14(18)12-4-2-3-11(7-12)10-17-6-5-16-9-13(17)8-15/h2-4,7,13,16H,5-6,9-10H2,1H3. The van der Waals surface area contributed by atoms with Crippen molar-refractivity contribution in [3.8, 4) is 6.07 Å². The second-order valence-corrected chi connectivity index (χ2v) is 4.51. The number of methoxy groups -OCH3 is 1. The van der Waals surface area contributed by atoms with E-state index in [-0.39, 0.29) is 12.0 Å². The second kappa shape index (κ2) is 6.32. The molecule has 1 heterocycles. The smallest absolute Gasteiger partial charge is 0.337 e. The van der Waals surface area contributed by atoms with E-state index in [1.807, 2.05) is 18.2 Å². The van der Waals surface area contributed by atoms with Crippen molar-refractivity contribution in [1.29, 1.82) is 5.26 Å². The van der Waals surface area contributed by atoms with Crippen molar-refractivity contribution in [3.63, 3.8) is 0 Å². The molecule has 1 atom stereocenters. The molecular weight excluding hydrogens is 242 g/mol. The summed E-state index contributed by atoms with van der Waals surface area (Å²) in [5, 5.41) is 12.3. The predicted molar refractivity (Wildman–Crippen MR) is 70.5 cm³/mol. The molecule has 5 nitrogen and oxygen atoms in total. The van der Waals surface area contributed by atoms with Crippen molar-refractivity contribution in [1.82, 2.24) is 10.2 Å².